The second kappa shape index (κ2) is 12.8. The van der Waals surface area contributed by atoms with Gasteiger partial charge < -0.3 is 15.0 Å². The fourth-order valence-electron chi connectivity index (χ4n) is 4.51. The lowest BCUT2D eigenvalue weighted by atomic mass is 10.0. The van der Waals surface area contributed by atoms with Gasteiger partial charge in [-0.15, -0.1) is 0 Å². The Bertz CT molecular complexity index is 1150. The second-order valence-corrected chi connectivity index (χ2v) is 9.96. The number of halogens is 2. The van der Waals surface area contributed by atoms with Gasteiger partial charge in [0, 0.05) is 29.1 Å². The molecule has 1 fully saturated rings. The van der Waals surface area contributed by atoms with E-state index in [1.165, 1.54) is 0 Å². The van der Waals surface area contributed by atoms with E-state index >= 15 is 0 Å². The Labute approximate surface area is 222 Å². The van der Waals surface area contributed by atoms with Gasteiger partial charge >= 0.3 is 0 Å². The highest BCUT2D eigenvalue weighted by atomic mass is 35.5. The third-order valence-corrected chi connectivity index (χ3v) is 6.88. The van der Waals surface area contributed by atoms with Crippen molar-refractivity contribution in [1.29, 1.82) is 0 Å². The summed E-state index contributed by atoms with van der Waals surface area (Å²) in [6, 6.07) is 23.4. The topological polar surface area (TPSA) is 58.6 Å². The number of nitrogens with one attached hydrogen (secondary N) is 1. The molecule has 1 aliphatic rings. The number of carbonyl (C=O) groups excluding carboxylic acids is 2. The van der Waals surface area contributed by atoms with Crippen LogP contribution in [0.15, 0.2) is 78.9 Å². The summed E-state index contributed by atoms with van der Waals surface area (Å²) in [5.41, 5.74) is 1.82. The van der Waals surface area contributed by atoms with Gasteiger partial charge in [-0.3, -0.25) is 9.59 Å². The molecule has 36 heavy (non-hydrogen) atoms. The molecule has 7 heteroatoms. The van der Waals surface area contributed by atoms with Crippen molar-refractivity contribution in [1.82, 2.24) is 10.2 Å². The van der Waals surface area contributed by atoms with E-state index in [-0.39, 0.29) is 31.0 Å². The molecule has 0 spiro atoms. The number of nitrogens with zero attached hydrogens (tertiary/aromatic N) is 1. The van der Waals surface area contributed by atoms with Crippen LogP contribution < -0.4 is 10.1 Å². The van der Waals surface area contributed by atoms with Gasteiger partial charge in [-0.05, 0) is 60.4 Å². The van der Waals surface area contributed by atoms with Crippen molar-refractivity contribution in [3.8, 4) is 5.75 Å². The minimum Gasteiger partial charge on any atom is -0.484 e. The van der Waals surface area contributed by atoms with Crippen molar-refractivity contribution in [2.45, 2.75) is 50.7 Å². The molecule has 188 valence electrons. The first-order valence-corrected chi connectivity index (χ1v) is 13.0. The first kappa shape index (κ1) is 26.1. The van der Waals surface area contributed by atoms with E-state index in [1.54, 1.807) is 35.2 Å². The van der Waals surface area contributed by atoms with Crippen LogP contribution in [0.1, 0.15) is 36.8 Å². The fourth-order valence-corrected chi connectivity index (χ4v) is 4.85. The molecule has 3 aromatic carbocycles. The highest BCUT2D eigenvalue weighted by Crippen LogP contribution is 2.21. The lowest BCUT2D eigenvalue weighted by molar-refractivity contribution is -0.143. The Hall–Kier alpha value is -3.02. The lowest BCUT2D eigenvalue weighted by Crippen LogP contribution is -2.53. The number of amides is 2. The SMILES string of the molecule is O=C(NC1CCCC1)[C@@H](Cc1ccccc1)N(Cc1cccc(Cl)c1)C(=O)COc1ccc(Cl)cc1. The predicted molar refractivity (Wildman–Crippen MR) is 143 cm³/mol. The average molecular weight is 525 g/mol. The monoisotopic (exact) mass is 524 g/mol. The number of rotatable bonds is 10. The third-order valence-electron chi connectivity index (χ3n) is 6.39. The highest BCUT2D eigenvalue weighted by Gasteiger charge is 2.32. The van der Waals surface area contributed by atoms with Gasteiger partial charge in [0.25, 0.3) is 5.91 Å². The Morgan fingerprint density at radius 2 is 1.58 bits per heavy atom. The van der Waals surface area contributed by atoms with Crippen molar-refractivity contribution in [2.75, 3.05) is 6.61 Å². The molecule has 0 radical (unpaired) electrons. The summed E-state index contributed by atoms with van der Waals surface area (Å²) in [6.07, 6.45) is 4.53. The zero-order valence-corrected chi connectivity index (χ0v) is 21.5. The summed E-state index contributed by atoms with van der Waals surface area (Å²) in [5, 5.41) is 4.36. The Morgan fingerprint density at radius 3 is 2.28 bits per heavy atom. The molecule has 1 aliphatic carbocycles. The van der Waals surface area contributed by atoms with E-state index in [0.29, 0.717) is 22.2 Å². The first-order valence-electron chi connectivity index (χ1n) is 12.2. The normalized spacial score (nSPS) is 14.3. The van der Waals surface area contributed by atoms with Gasteiger partial charge in [-0.25, -0.2) is 0 Å². The third kappa shape index (κ3) is 7.49. The van der Waals surface area contributed by atoms with Crippen LogP contribution in [0.4, 0.5) is 0 Å². The largest absolute Gasteiger partial charge is 0.484 e. The smallest absolute Gasteiger partial charge is 0.261 e. The standard InChI is InChI=1S/C29H30Cl2N2O3/c30-23-13-15-26(16-14-23)36-20-28(34)33(19-22-9-6-10-24(31)17-22)27(18-21-7-2-1-3-8-21)29(35)32-25-11-4-5-12-25/h1-3,6-10,13-17,25,27H,4-5,11-12,18-20H2,(H,32,35)/t27-/m1/s1. The second-order valence-electron chi connectivity index (χ2n) is 9.09. The quantitative estimate of drug-likeness (QED) is 0.350. The summed E-state index contributed by atoms with van der Waals surface area (Å²) >= 11 is 12.2. The summed E-state index contributed by atoms with van der Waals surface area (Å²) in [7, 11) is 0. The number of hydrogen-bond donors (Lipinski definition) is 1. The van der Waals surface area contributed by atoms with Gasteiger partial charge in [0.05, 0.1) is 0 Å². The maximum atomic E-state index is 13.6. The maximum absolute atomic E-state index is 13.6. The molecule has 0 saturated heterocycles. The molecular weight excluding hydrogens is 495 g/mol. The van der Waals surface area contributed by atoms with E-state index in [1.807, 2.05) is 48.5 Å². The summed E-state index contributed by atoms with van der Waals surface area (Å²) < 4.78 is 5.77. The molecule has 4 rings (SSSR count). The molecule has 0 bridgehead atoms. The minimum absolute atomic E-state index is 0.143. The molecule has 0 heterocycles. The van der Waals surface area contributed by atoms with Crippen molar-refractivity contribution in [3.05, 3.63) is 100 Å². The Kier molecular flexibility index (Phi) is 9.26. The molecule has 1 saturated carbocycles. The molecule has 3 aromatic rings. The van der Waals surface area contributed by atoms with Crippen LogP contribution in [-0.2, 0) is 22.6 Å². The zero-order chi connectivity index (χ0) is 25.3. The van der Waals surface area contributed by atoms with Crippen molar-refractivity contribution >= 4 is 35.0 Å². The van der Waals surface area contributed by atoms with E-state index in [0.717, 1.165) is 36.8 Å². The Morgan fingerprint density at radius 1 is 0.889 bits per heavy atom. The summed E-state index contributed by atoms with van der Waals surface area (Å²) in [5.74, 6) is 0.102. The van der Waals surface area contributed by atoms with Crippen LogP contribution in [0, 0.1) is 0 Å². The van der Waals surface area contributed by atoms with Crippen LogP contribution >= 0.6 is 23.2 Å². The fraction of sp³-hybridized carbons (Fsp3) is 0.310. The maximum Gasteiger partial charge on any atom is 0.261 e. The number of benzene rings is 3. The van der Waals surface area contributed by atoms with Crippen LogP contribution in [0.2, 0.25) is 10.0 Å². The molecular formula is C29H30Cl2N2O3. The molecule has 5 nitrogen and oxygen atoms in total. The number of ether oxygens (including phenoxy) is 1. The van der Waals surface area contributed by atoms with Gasteiger partial charge in [0.2, 0.25) is 5.91 Å². The molecule has 2 amide bonds. The number of carbonyl (C=O) groups is 2. The van der Waals surface area contributed by atoms with Crippen LogP contribution in [-0.4, -0.2) is 35.4 Å². The van der Waals surface area contributed by atoms with E-state index in [9.17, 15) is 9.59 Å². The van der Waals surface area contributed by atoms with Crippen LogP contribution in [0.3, 0.4) is 0 Å². The van der Waals surface area contributed by atoms with Gasteiger partial charge in [0.1, 0.15) is 11.8 Å². The summed E-state index contributed by atoms with van der Waals surface area (Å²) in [6.45, 7) is 0.0309. The molecule has 0 unspecified atom stereocenters. The van der Waals surface area contributed by atoms with Gasteiger partial charge in [-0.1, -0.05) is 78.5 Å². The van der Waals surface area contributed by atoms with Crippen LogP contribution in [0.5, 0.6) is 5.75 Å². The van der Waals surface area contributed by atoms with E-state index < -0.39 is 6.04 Å². The molecule has 1 N–H and O–H groups in total. The molecule has 0 aliphatic heterocycles. The predicted octanol–water partition coefficient (Wildman–Crippen LogP) is 6.07. The molecule has 1 atom stereocenters. The Balaban J connectivity index is 1.60. The average Bonchev–Trinajstić information content (AvgIpc) is 3.39. The first-order chi connectivity index (χ1) is 17.5. The zero-order valence-electron chi connectivity index (χ0n) is 20.0. The van der Waals surface area contributed by atoms with Crippen molar-refractivity contribution < 1.29 is 14.3 Å². The highest BCUT2D eigenvalue weighted by molar-refractivity contribution is 6.30. The van der Waals surface area contributed by atoms with Crippen LogP contribution in [0.25, 0.3) is 0 Å². The molecule has 0 aromatic heterocycles. The number of hydrogen-bond acceptors (Lipinski definition) is 3. The van der Waals surface area contributed by atoms with Crippen molar-refractivity contribution in [3.63, 3.8) is 0 Å². The minimum atomic E-state index is -0.701. The lowest BCUT2D eigenvalue weighted by Gasteiger charge is -2.32. The van der Waals surface area contributed by atoms with Gasteiger partial charge in [0.15, 0.2) is 6.61 Å². The van der Waals surface area contributed by atoms with E-state index in [4.69, 9.17) is 27.9 Å². The van der Waals surface area contributed by atoms with E-state index in [2.05, 4.69) is 5.32 Å². The summed E-state index contributed by atoms with van der Waals surface area (Å²) in [4.78, 5) is 28.8. The van der Waals surface area contributed by atoms with Crippen molar-refractivity contribution in [2.24, 2.45) is 0 Å². The van der Waals surface area contributed by atoms with Gasteiger partial charge in [-0.2, -0.15) is 0 Å².